The lowest BCUT2D eigenvalue weighted by Crippen LogP contribution is -2.64. The maximum absolute atomic E-state index is 14.5. The van der Waals surface area contributed by atoms with Crippen molar-refractivity contribution in [1.82, 2.24) is 0 Å². The zero-order valence-electron chi connectivity index (χ0n) is 33.5. The molecule has 3 aliphatic heterocycles. The van der Waals surface area contributed by atoms with E-state index in [-0.39, 0.29) is 22.8 Å². The molecule has 22 nitrogen and oxygen atoms in total. The maximum atomic E-state index is 14.5. The third-order valence-electron chi connectivity index (χ3n) is 10.8. The molecule has 0 spiro atoms. The van der Waals surface area contributed by atoms with E-state index >= 15 is 0 Å². The Morgan fingerprint density at radius 2 is 1.25 bits per heavy atom. The number of fused-ring (bicyclic) bond motifs is 1. The highest BCUT2D eigenvalue weighted by atomic mass is 16.8. The van der Waals surface area contributed by atoms with Crippen LogP contribution in [0, 0.1) is 0 Å². The van der Waals surface area contributed by atoms with Crippen molar-refractivity contribution in [2.24, 2.45) is 0 Å². The van der Waals surface area contributed by atoms with Crippen molar-refractivity contribution >= 4 is 23.0 Å². The summed E-state index contributed by atoms with van der Waals surface area (Å²) >= 11 is 0. The molecule has 1 aromatic heterocycles. The average molecular weight is 903 g/mol. The van der Waals surface area contributed by atoms with Crippen LogP contribution in [0.3, 0.4) is 0 Å². The first kappa shape index (κ1) is 46.5. The van der Waals surface area contributed by atoms with Gasteiger partial charge in [-0.3, -0.25) is 4.79 Å². The van der Waals surface area contributed by atoms with Crippen molar-refractivity contribution in [2.45, 2.75) is 99.0 Å². The van der Waals surface area contributed by atoms with Crippen LogP contribution in [0.25, 0.3) is 28.4 Å². The second-order valence-electron chi connectivity index (χ2n) is 15.2. The highest BCUT2D eigenvalue weighted by molar-refractivity contribution is 5.89. The minimum absolute atomic E-state index is 0.0143. The van der Waals surface area contributed by atoms with E-state index < -0.39 is 145 Å². The van der Waals surface area contributed by atoms with Gasteiger partial charge in [-0.1, -0.05) is 12.1 Å². The molecule has 15 atom stereocenters. The number of hydrogen-bond donors (Lipinski definition) is 12. The zero-order valence-corrected chi connectivity index (χ0v) is 33.5. The van der Waals surface area contributed by atoms with Gasteiger partial charge in [0.15, 0.2) is 24.3 Å². The summed E-state index contributed by atoms with van der Waals surface area (Å²) in [6, 6.07) is 12.8. The normalized spacial score (nSPS) is 33.2. The standard InChI is InChI=1S/C42H46O22/c1-16-28(49)32(53)35(56)40(57-16)64-39-34(55)30(51)25(15-44)61-42(39)63-37-31(52)27-22(47)12-21(13-23(27)59-36(37)18-5-9-20(46)10-6-18)58-41-38(33(54)29(50)24(14-43)60-41)62-26(48)11-4-17-2-7-19(45)8-3-17/h2-13,16,24-25,28-30,32-35,38-47,49-51,53-56H,14-15H2,1H3/t16-,24+,25+,28-,29+,30+,32+,33-,34-,35+,38+,39+,40-,41+,42-/m0/s1. The predicted octanol–water partition coefficient (Wildman–Crippen LogP) is -1.95. The molecule has 0 saturated carbocycles. The fourth-order valence-corrected chi connectivity index (χ4v) is 7.26. The van der Waals surface area contributed by atoms with Crippen molar-refractivity contribution in [3.63, 3.8) is 0 Å². The molecular weight excluding hydrogens is 856 g/mol. The van der Waals surface area contributed by atoms with Gasteiger partial charge in [0.1, 0.15) is 88.9 Å². The van der Waals surface area contributed by atoms with E-state index in [0.29, 0.717) is 5.56 Å². The van der Waals surface area contributed by atoms with Crippen LogP contribution in [-0.2, 0) is 28.5 Å². The number of phenolic OH excluding ortho intramolecular Hbond substituents is 3. The number of carbonyl (C=O) groups excluding carboxylic acids is 1. The van der Waals surface area contributed by atoms with Crippen LogP contribution in [0.4, 0.5) is 0 Å². The van der Waals surface area contributed by atoms with Gasteiger partial charge >= 0.3 is 5.97 Å². The van der Waals surface area contributed by atoms with Gasteiger partial charge in [-0.15, -0.1) is 0 Å². The summed E-state index contributed by atoms with van der Waals surface area (Å²) in [5.74, 6) is -3.51. The number of benzene rings is 3. The van der Waals surface area contributed by atoms with Gasteiger partial charge in [-0.05, 0) is 55.0 Å². The summed E-state index contributed by atoms with van der Waals surface area (Å²) in [6.07, 6.45) is -23.6. The Hall–Kier alpha value is -5.44. The molecule has 0 radical (unpaired) electrons. The van der Waals surface area contributed by atoms with Crippen LogP contribution in [0.1, 0.15) is 12.5 Å². The van der Waals surface area contributed by atoms with Gasteiger partial charge in [-0.2, -0.15) is 0 Å². The molecule has 12 N–H and O–H groups in total. The van der Waals surface area contributed by atoms with Crippen LogP contribution in [0.2, 0.25) is 0 Å². The largest absolute Gasteiger partial charge is 0.508 e. The van der Waals surface area contributed by atoms with E-state index in [9.17, 15) is 70.9 Å². The van der Waals surface area contributed by atoms with E-state index in [4.69, 9.17) is 37.6 Å². The predicted molar refractivity (Wildman–Crippen MR) is 212 cm³/mol. The topological polar surface area (TPSA) is 355 Å². The van der Waals surface area contributed by atoms with Crippen LogP contribution in [-0.4, -0.2) is 173 Å². The second-order valence-corrected chi connectivity index (χ2v) is 15.2. The summed E-state index contributed by atoms with van der Waals surface area (Å²) in [5, 5.41) is 125. The summed E-state index contributed by atoms with van der Waals surface area (Å²) in [6.45, 7) is -0.344. The Labute approximate surface area is 361 Å². The van der Waals surface area contributed by atoms with E-state index in [2.05, 4.69) is 0 Å². The van der Waals surface area contributed by atoms with Crippen LogP contribution < -0.4 is 14.9 Å². The van der Waals surface area contributed by atoms with E-state index in [1.807, 2.05) is 0 Å². The molecule has 3 aliphatic rings. The quantitative estimate of drug-likeness (QED) is 0.0543. The lowest BCUT2D eigenvalue weighted by molar-refractivity contribution is -0.354. The molecule has 3 aromatic carbocycles. The number of phenols is 3. The molecule has 3 fully saturated rings. The van der Waals surface area contributed by atoms with Crippen molar-refractivity contribution in [3.8, 4) is 40.1 Å². The smallest absolute Gasteiger partial charge is 0.331 e. The fourth-order valence-electron chi connectivity index (χ4n) is 7.26. The van der Waals surface area contributed by atoms with Gasteiger partial charge in [0, 0.05) is 23.8 Å². The van der Waals surface area contributed by atoms with Gasteiger partial charge in [0.2, 0.25) is 23.8 Å². The molecular formula is C42H46O22. The lowest BCUT2D eigenvalue weighted by atomic mass is 9.97. The van der Waals surface area contributed by atoms with Crippen LogP contribution in [0.15, 0.2) is 76.0 Å². The Kier molecular flexibility index (Phi) is 14.1. The van der Waals surface area contributed by atoms with E-state index in [1.54, 1.807) is 0 Å². The Balaban J connectivity index is 1.24. The van der Waals surface area contributed by atoms with E-state index in [1.165, 1.54) is 61.5 Å². The number of aliphatic hydroxyl groups is 9. The van der Waals surface area contributed by atoms with E-state index in [0.717, 1.165) is 18.2 Å². The molecule has 0 aliphatic carbocycles. The molecule has 22 heteroatoms. The molecule has 7 rings (SSSR count). The van der Waals surface area contributed by atoms with Crippen molar-refractivity contribution < 1.29 is 104 Å². The highest BCUT2D eigenvalue weighted by Crippen LogP contribution is 2.39. The van der Waals surface area contributed by atoms with Gasteiger partial charge in [-0.25, -0.2) is 4.79 Å². The number of ether oxygens (including phenoxy) is 7. The summed E-state index contributed by atoms with van der Waals surface area (Å²) < 4.78 is 46.1. The Morgan fingerprint density at radius 1 is 0.672 bits per heavy atom. The zero-order chi connectivity index (χ0) is 46.1. The summed E-state index contributed by atoms with van der Waals surface area (Å²) in [5.41, 5.74) is -0.934. The molecule has 346 valence electrons. The van der Waals surface area contributed by atoms with Crippen molar-refractivity contribution in [2.75, 3.05) is 13.2 Å². The van der Waals surface area contributed by atoms with Crippen LogP contribution in [0.5, 0.6) is 28.7 Å². The Bertz CT molecular complexity index is 2340. The van der Waals surface area contributed by atoms with Gasteiger partial charge in [0.05, 0.1) is 19.3 Å². The monoisotopic (exact) mass is 902 g/mol. The second kappa shape index (κ2) is 19.3. The number of rotatable bonds is 12. The number of aliphatic hydroxyl groups excluding tert-OH is 9. The Morgan fingerprint density at radius 3 is 1.86 bits per heavy atom. The van der Waals surface area contributed by atoms with Gasteiger partial charge < -0.3 is 98.9 Å². The van der Waals surface area contributed by atoms with Crippen molar-refractivity contribution in [3.05, 3.63) is 82.5 Å². The summed E-state index contributed by atoms with van der Waals surface area (Å²) in [4.78, 5) is 27.4. The molecule has 64 heavy (non-hydrogen) atoms. The molecule has 3 saturated heterocycles. The third-order valence-corrected chi connectivity index (χ3v) is 10.8. The molecule has 0 unspecified atom stereocenters. The number of hydrogen-bond acceptors (Lipinski definition) is 22. The molecule has 4 heterocycles. The number of carbonyl (C=O) groups is 1. The average Bonchev–Trinajstić information content (AvgIpc) is 3.27. The van der Waals surface area contributed by atoms with Crippen molar-refractivity contribution in [1.29, 1.82) is 0 Å². The number of aromatic hydroxyl groups is 3. The SMILES string of the molecule is C[C@@H]1O[C@@H](O[C@H]2[C@H](Oc3c(-c4ccc(O)cc4)oc4cc(O[C@@H]5O[C@H](CO)[C@@H](O)[C@H](O)[C@H]5OC(=O)C=Cc5ccc(O)cc5)cc(O)c4c3=O)O[C@H](CO)[C@@H](O)[C@@H]2O)[C@H](O)[C@H](O)[C@H]1O. The lowest BCUT2D eigenvalue weighted by Gasteiger charge is -2.45. The summed E-state index contributed by atoms with van der Waals surface area (Å²) in [7, 11) is 0. The highest BCUT2D eigenvalue weighted by Gasteiger charge is 2.52. The third kappa shape index (κ3) is 9.50. The first-order valence-electron chi connectivity index (χ1n) is 19.7. The molecule has 0 amide bonds. The minimum Gasteiger partial charge on any atom is -0.508 e. The molecule has 4 aromatic rings. The fraction of sp³-hybridized carbons (Fsp3) is 0.429. The maximum Gasteiger partial charge on any atom is 0.331 e. The van der Waals surface area contributed by atoms with Crippen LogP contribution >= 0.6 is 0 Å². The minimum atomic E-state index is -1.98. The van der Waals surface area contributed by atoms with Gasteiger partial charge in [0.25, 0.3) is 0 Å². The first-order chi connectivity index (χ1) is 30.5. The number of esters is 1. The first-order valence-corrected chi connectivity index (χ1v) is 19.7. The molecule has 0 bridgehead atoms.